The van der Waals surface area contributed by atoms with Crippen LogP contribution >= 0.6 is 0 Å². The molecule has 1 fully saturated rings. The normalized spacial score (nSPS) is 21.6. The lowest BCUT2D eigenvalue weighted by Gasteiger charge is -2.27. The lowest BCUT2D eigenvalue weighted by molar-refractivity contribution is 0.232. The molecular formula is C12H21N3O. The molecule has 16 heavy (non-hydrogen) atoms. The molecule has 1 aliphatic rings. The molecule has 1 saturated heterocycles. The lowest BCUT2D eigenvalue weighted by Crippen LogP contribution is -2.36. The Labute approximate surface area is 97.0 Å². The summed E-state index contributed by atoms with van der Waals surface area (Å²) in [5.74, 6) is 1.68. The van der Waals surface area contributed by atoms with Crippen LogP contribution in [0.4, 0.5) is 0 Å². The minimum atomic E-state index is 0.784. The van der Waals surface area contributed by atoms with Crippen LogP contribution in [-0.4, -0.2) is 36.7 Å². The van der Waals surface area contributed by atoms with Crippen molar-refractivity contribution >= 4 is 0 Å². The highest BCUT2D eigenvalue weighted by Gasteiger charge is 2.15. The molecule has 90 valence electrons. The maximum absolute atomic E-state index is 5.07. The van der Waals surface area contributed by atoms with Crippen LogP contribution < -0.4 is 5.32 Å². The maximum atomic E-state index is 5.07. The molecule has 0 amide bonds. The molecule has 1 aromatic heterocycles. The summed E-state index contributed by atoms with van der Waals surface area (Å²) in [7, 11) is 2.15. The van der Waals surface area contributed by atoms with E-state index in [9.17, 15) is 0 Å². The summed E-state index contributed by atoms with van der Waals surface area (Å²) in [6.45, 7) is 6.29. The molecule has 2 heterocycles. The molecule has 1 atom stereocenters. The van der Waals surface area contributed by atoms with Crippen LogP contribution in [0, 0.1) is 12.8 Å². The van der Waals surface area contributed by atoms with Crippen molar-refractivity contribution in [1.29, 1.82) is 0 Å². The zero-order valence-corrected chi connectivity index (χ0v) is 10.2. The van der Waals surface area contributed by atoms with Crippen molar-refractivity contribution in [2.45, 2.75) is 26.3 Å². The lowest BCUT2D eigenvalue weighted by atomic mass is 9.99. The molecule has 0 spiro atoms. The second kappa shape index (κ2) is 5.46. The number of hydrogen-bond acceptors (Lipinski definition) is 4. The van der Waals surface area contributed by atoms with Crippen LogP contribution in [0.2, 0.25) is 0 Å². The van der Waals surface area contributed by atoms with Gasteiger partial charge in [0.1, 0.15) is 5.76 Å². The molecule has 0 aromatic carbocycles. The fraction of sp³-hybridized carbons (Fsp3) is 0.750. The minimum Gasteiger partial charge on any atom is -0.361 e. The average Bonchev–Trinajstić information content (AvgIpc) is 2.65. The third kappa shape index (κ3) is 3.32. The highest BCUT2D eigenvalue weighted by molar-refractivity contribution is 5.03. The fourth-order valence-electron chi connectivity index (χ4n) is 2.35. The Morgan fingerprint density at radius 3 is 3.12 bits per heavy atom. The van der Waals surface area contributed by atoms with Crippen LogP contribution in [0.1, 0.15) is 24.3 Å². The quantitative estimate of drug-likeness (QED) is 0.838. The second-order valence-corrected chi connectivity index (χ2v) is 4.84. The van der Waals surface area contributed by atoms with E-state index >= 15 is 0 Å². The van der Waals surface area contributed by atoms with Gasteiger partial charge in [0.25, 0.3) is 0 Å². The van der Waals surface area contributed by atoms with Gasteiger partial charge < -0.3 is 14.7 Å². The number of rotatable bonds is 4. The number of aromatic nitrogens is 1. The summed E-state index contributed by atoms with van der Waals surface area (Å²) in [5, 5.41) is 7.46. The number of nitrogens with one attached hydrogen (secondary N) is 1. The first-order valence-corrected chi connectivity index (χ1v) is 6.05. The van der Waals surface area contributed by atoms with Gasteiger partial charge in [-0.1, -0.05) is 5.16 Å². The van der Waals surface area contributed by atoms with Gasteiger partial charge in [0.15, 0.2) is 0 Å². The number of nitrogens with zero attached hydrogens (tertiary/aromatic N) is 2. The summed E-state index contributed by atoms with van der Waals surface area (Å²) in [6.07, 6.45) is 2.65. The van der Waals surface area contributed by atoms with Crippen LogP contribution in [0.5, 0.6) is 0 Å². The first-order chi connectivity index (χ1) is 7.74. The Morgan fingerprint density at radius 2 is 2.50 bits per heavy atom. The van der Waals surface area contributed by atoms with E-state index in [0.29, 0.717) is 0 Å². The SMILES string of the molecule is Cc1cc(CN(C)CC2CCCNC2)no1. The van der Waals surface area contributed by atoms with Gasteiger partial charge in [-0.2, -0.15) is 0 Å². The van der Waals surface area contributed by atoms with Crippen molar-refractivity contribution < 1.29 is 4.52 Å². The van der Waals surface area contributed by atoms with E-state index in [0.717, 1.165) is 37.0 Å². The molecule has 4 nitrogen and oxygen atoms in total. The summed E-state index contributed by atoms with van der Waals surface area (Å²) in [5.41, 5.74) is 1.03. The molecule has 1 unspecified atom stereocenters. The highest BCUT2D eigenvalue weighted by Crippen LogP contribution is 2.12. The highest BCUT2D eigenvalue weighted by atomic mass is 16.5. The van der Waals surface area contributed by atoms with Gasteiger partial charge in [0.2, 0.25) is 0 Å². The second-order valence-electron chi connectivity index (χ2n) is 4.84. The Bertz CT molecular complexity index is 318. The number of piperidine rings is 1. The molecular weight excluding hydrogens is 202 g/mol. The van der Waals surface area contributed by atoms with Gasteiger partial charge in [-0.25, -0.2) is 0 Å². The van der Waals surface area contributed by atoms with Crippen molar-refractivity contribution in [3.63, 3.8) is 0 Å². The molecule has 1 N–H and O–H groups in total. The van der Waals surface area contributed by atoms with Crippen molar-refractivity contribution in [1.82, 2.24) is 15.4 Å². The van der Waals surface area contributed by atoms with Crippen LogP contribution in [0.3, 0.4) is 0 Å². The Balaban J connectivity index is 1.77. The first-order valence-electron chi connectivity index (χ1n) is 6.05. The maximum Gasteiger partial charge on any atom is 0.133 e. The zero-order chi connectivity index (χ0) is 11.4. The van der Waals surface area contributed by atoms with Crippen molar-refractivity contribution in [2.75, 3.05) is 26.7 Å². The molecule has 0 bridgehead atoms. The van der Waals surface area contributed by atoms with Gasteiger partial charge in [-0.05, 0) is 45.8 Å². The molecule has 2 rings (SSSR count). The van der Waals surface area contributed by atoms with E-state index in [4.69, 9.17) is 4.52 Å². The Morgan fingerprint density at radius 1 is 1.62 bits per heavy atom. The number of aryl methyl sites for hydroxylation is 1. The predicted octanol–water partition coefficient (Wildman–Crippen LogP) is 1.41. The first kappa shape index (κ1) is 11.6. The Hall–Kier alpha value is -0.870. The van der Waals surface area contributed by atoms with E-state index in [2.05, 4.69) is 22.4 Å². The molecule has 1 aromatic rings. The van der Waals surface area contributed by atoms with E-state index in [-0.39, 0.29) is 0 Å². The molecule has 4 heteroatoms. The molecule has 0 radical (unpaired) electrons. The van der Waals surface area contributed by atoms with E-state index in [1.54, 1.807) is 0 Å². The zero-order valence-electron chi connectivity index (χ0n) is 10.2. The summed E-state index contributed by atoms with van der Waals surface area (Å²) < 4.78 is 5.07. The summed E-state index contributed by atoms with van der Waals surface area (Å²) in [6, 6.07) is 2.01. The van der Waals surface area contributed by atoms with Gasteiger partial charge in [-0.3, -0.25) is 0 Å². The van der Waals surface area contributed by atoms with Gasteiger partial charge in [0.05, 0.1) is 5.69 Å². The fourth-order valence-corrected chi connectivity index (χ4v) is 2.35. The van der Waals surface area contributed by atoms with Crippen molar-refractivity contribution in [3.05, 3.63) is 17.5 Å². The largest absolute Gasteiger partial charge is 0.361 e. The topological polar surface area (TPSA) is 41.3 Å². The van der Waals surface area contributed by atoms with Crippen molar-refractivity contribution in [2.24, 2.45) is 5.92 Å². The van der Waals surface area contributed by atoms with Gasteiger partial charge in [-0.15, -0.1) is 0 Å². The minimum absolute atomic E-state index is 0.784. The molecule has 0 aliphatic carbocycles. The van der Waals surface area contributed by atoms with E-state index in [1.165, 1.54) is 19.4 Å². The van der Waals surface area contributed by atoms with Crippen LogP contribution in [0.25, 0.3) is 0 Å². The van der Waals surface area contributed by atoms with Crippen LogP contribution in [0.15, 0.2) is 10.6 Å². The summed E-state index contributed by atoms with van der Waals surface area (Å²) in [4.78, 5) is 2.33. The molecule has 0 saturated carbocycles. The third-order valence-corrected chi connectivity index (χ3v) is 3.08. The summed E-state index contributed by atoms with van der Waals surface area (Å²) >= 11 is 0. The smallest absolute Gasteiger partial charge is 0.133 e. The third-order valence-electron chi connectivity index (χ3n) is 3.08. The predicted molar refractivity (Wildman–Crippen MR) is 63.2 cm³/mol. The van der Waals surface area contributed by atoms with Gasteiger partial charge >= 0.3 is 0 Å². The van der Waals surface area contributed by atoms with E-state index < -0.39 is 0 Å². The monoisotopic (exact) mass is 223 g/mol. The van der Waals surface area contributed by atoms with Crippen LogP contribution in [-0.2, 0) is 6.54 Å². The Kier molecular flexibility index (Phi) is 3.96. The van der Waals surface area contributed by atoms with E-state index in [1.807, 2.05) is 13.0 Å². The van der Waals surface area contributed by atoms with Crippen molar-refractivity contribution in [3.8, 4) is 0 Å². The molecule has 1 aliphatic heterocycles. The van der Waals surface area contributed by atoms with Gasteiger partial charge in [0, 0.05) is 19.2 Å². The number of hydrogen-bond donors (Lipinski definition) is 1. The standard InChI is InChI=1S/C12H21N3O/c1-10-6-12(14-16-10)9-15(2)8-11-4-3-5-13-7-11/h6,11,13H,3-5,7-9H2,1-2H3. The average molecular weight is 223 g/mol.